The highest BCUT2D eigenvalue weighted by Gasteiger charge is 2.15. The van der Waals surface area contributed by atoms with Crippen LogP contribution in [-0.4, -0.2) is 21.7 Å². The Balaban J connectivity index is 2.13. The Kier molecular flexibility index (Phi) is 5.68. The predicted molar refractivity (Wildman–Crippen MR) is 82.8 cm³/mol. The second kappa shape index (κ2) is 7.52. The molecule has 2 aromatic rings. The van der Waals surface area contributed by atoms with Crippen LogP contribution in [0, 0.1) is 0 Å². The van der Waals surface area contributed by atoms with Crippen LogP contribution in [0.15, 0.2) is 30.6 Å². The molecule has 0 fully saturated rings. The van der Waals surface area contributed by atoms with Crippen molar-refractivity contribution in [1.29, 1.82) is 0 Å². The number of aromatic nitrogens is 2. The van der Waals surface area contributed by atoms with Gasteiger partial charge < -0.3 is 15.2 Å². The van der Waals surface area contributed by atoms with Gasteiger partial charge in [0.1, 0.15) is 22.9 Å². The molecule has 2 unspecified atom stereocenters. The largest absolute Gasteiger partial charge is 0.435 e. The second-order valence-corrected chi connectivity index (χ2v) is 5.29. The van der Waals surface area contributed by atoms with E-state index >= 15 is 0 Å². The van der Waals surface area contributed by atoms with Crippen molar-refractivity contribution >= 4 is 17.4 Å². The van der Waals surface area contributed by atoms with Crippen molar-refractivity contribution in [2.24, 2.45) is 0 Å². The summed E-state index contributed by atoms with van der Waals surface area (Å²) in [5, 5.41) is 12.9. The molecule has 1 aromatic carbocycles. The summed E-state index contributed by atoms with van der Waals surface area (Å²) in [6, 6.07) is 6.07. The Labute approximate surface area is 137 Å². The van der Waals surface area contributed by atoms with Gasteiger partial charge in [0.2, 0.25) is 0 Å². The SMILES string of the molecule is CC(O)c1ncnc(NC(C)c2ccc(OC(F)F)cc2)c1Cl. The van der Waals surface area contributed by atoms with E-state index in [-0.39, 0.29) is 16.8 Å². The lowest BCUT2D eigenvalue weighted by atomic mass is 10.1. The van der Waals surface area contributed by atoms with Crippen LogP contribution in [0.25, 0.3) is 0 Å². The monoisotopic (exact) mass is 343 g/mol. The first kappa shape index (κ1) is 17.4. The molecule has 0 amide bonds. The van der Waals surface area contributed by atoms with E-state index in [9.17, 15) is 13.9 Å². The maximum absolute atomic E-state index is 12.1. The molecule has 2 atom stereocenters. The third-order valence-corrected chi connectivity index (χ3v) is 3.54. The van der Waals surface area contributed by atoms with Gasteiger partial charge in [-0.2, -0.15) is 8.78 Å². The molecule has 1 aromatic heterocycles. The quantitative estimate of drug-likeness (QED) is 0.831. The van der Waals surface area contributed by atoms with Gasteiger partial charge in [0.25, 0.3) is 0 Å². The molecule has 23 heavy (non-hydrogen) atoms. The van der Waals surface area contributed by atoms with Crippen molar-refractivity contribution in [3.63, 3.8) is 0 Å². The Morgan fingerprint density at radius 3 is 2.39 bits per heavy atom. The molecule has 0 aliphatic rings. The Bertz CT molecular complexity index is 654. The van der Waals surface area contributed by atoms with E-state index in [4.69, 9.17) is 11.6 Å². The van der Waals surface area contributed by atoms with Crippen LogP contribution in [0.2, 0.25) is 5.02 Å². The number of rotatable bonds is 6. The number of aliphatic hydroxyl groups excluding tert-OH is 1. The summed E-state index contributed by atoms with van der Waals surface area (Å²) in [6.45, 7) is 0.571. The molecule has 5 nitrogen and oxygen atoms in total. The molecule has 0 saturated heterocycles. The molecular weight excluding hydrogens is 328 g/mol. The van der Waals surface area contributed by atoms with Gasteiger partial charge in [-0.25, -0.2) is 9.97 Å². The van der Waals surface area contributed by atoms with E-state index in [1.165, 1.54) is 18.5 Å². The lowest BCUT2D eigenvalue weighted by molar-refractivity contribution is -0.0498. The zero-order valence-corrected chi connectivity index (χ0v) is 13.3. The van der Waals surface area contributed by atoms with E-state index in [1.54, 1.807) is 19.1 Å². The fourth-order valence-corrected chi connectivity index (χ4v) is 2.31. The van der Waals surface area contributed by atoms with Crippen molar-refractivity contribution in [3.8, 4) is 5.75 Å². The minimum absolute atomic E-state index is 0.0902. The minimum atomic E-state index is -2.85. The van der Waals surface area contributed by atoms with Crippen LogP contribution in [-0.2, 0) is 0 Å². The first-order chi connectivity index (χ1) is 10.9. The number of nitrogens with zero attached hydrogens (tertiary/aromatic N) is 2. The minimum Gasteiger partial charge on any atom is -0.435 e. The summed E-state index contributed by atoms with van der Waals surface area (Å²) >= 11 is 6.17. The first-order valence-electron chi connectivity index (χ1n) is 6.88. The van der Waals surface area contributed by atoms with Gasteiger partial charge in [0.15, 0.2) is 0 Å². The molecule has 2 rings (SSSR count). The number of hydrogen-bond acceptors (Lipinski definition) is 5. The molecule has 0 radical (unpaired) electrons. The fraction of sp³-hybridized carbons (Fsp3) is 0.333. The summed E-state index contributed by atoms with van der Waals surface area (Å²) in [6.07, 6.45) is 0.495. The van der Waals surface area contributed by atoms with Gasteiger partial charge in [0.05, 0.1) is 11.8 Å². The van der Waals surface area contributed by atoms with Crippen LogP contribution in [0.3, 0.4) is 0 Å². The van der Waals surface area contributed by atoms with E-state index < -0.39 is 12.7 Å². The van der Waals surface area contributed by atoms with Gasteiger partial charge in [-0.15, -0.1) is 0 Å². The van der Waals surface area contributed by atoms with Crippen LogP contribution in [0.1, 0.15) is 37.3 Å². The number of nitrogens with one attached hydrogen (secondary N) is 1. The maximum atomic E-state index is 12.1. The fourth-order valence-electron chi connectivity index (χ4n) is 2.00. The van der Waals surface area contributed by atoms with Crippen LogP contribution in [0.5, 0.6) is 5.75 Å². The Morgan fingerprint density at radius 1 is 1.17 bits per heavy atom. The van der Waals surface area contributed by atoms with Crippen molar-refractivity contribution in [1.82, 2.24) is 9.97 Å². The van der Waals surface area contributed by atoms with Crippen molar-refractivity contribution in [2.45, 2.75) is 32.6 Å². The van der Waals surface area contributed by atoms with E-state index in [0.29, 0.717) is 11.5 Å². The second-order valence-electron chi connectivity index (χ2n) is 4.91. The Morgan fingerprint density at radius 2 is 1.83 bits per heavy atom. The van der Waals surface area contributed by atoms with Gasteiger partial charge in [-0.3, -0.25) is 0 Å². The zero-order chi connectivity index (χ0) is 17.0. The Hall–Kier alpha value is -1.99. The number of ether oxygens (including phenoxy) is 1. The lowest BCUT2D eigenvalue weighted by Gasteiger charge is -2.17. The number of hydrogen-bond donors (Lipinski definition) is 2. The van der Waals surface area contributed by atoms with Gasteiger partial charge >= 0.3 is 6.61 Å². The highest BCUT2D eigenvalue weighted by Crippen LogP contribution is 2.29. The zero-order valence-electron chi connectivity index (χ0n) is 12.5. The highest BCUT2D eigenvalue weighted by molar-refractivity contribution is 6.33. The number of aliphatic hydroxyl groups is 1. The number of halogens is 3. The third-order valence-electron chi connectivity index (χ3n) is 3.17. The molecule has 0 aliphatic heterocycles. The van der Waals surface area contributed by atoms with Crippen molar-refractivity contribution < 1.29 is 18.6 Å². The topological polar surface area (TPSA) is 67.3 Å². The highest BCUT2D eigenvalue weighted by atomic mass is 35.5. The summed E-state index contributed by atoms with van der Waals surface area (Å²) < 4.78 is 28.6. The van der Waals surface area contributed by atoms with Crippen molar-refractivity contribution in [2.75, 3.05) is 5.32 Å². The molecule has 1 heterocycles. The molecule has 0 bridgehead atoms. The third kappa shape index (κ3) is 4.49. The summed E-state index contributed by atoms with van der Waals surface area (Å²) in [7, 11) is 0. The van der Waals surface area contributed by atoms with E-state index in [1.807, 2.05) is 6.92 Å². The summed E-state index contributed by atoms with van der Waals surface area (Å²) in [4.78, 5) is 7.99. The van der Waals surface area contributed by atoms with Crippen LogP contribution in [0.4, 0.5) is 14.6 Å². The molecule has 124 valence electrons. The van der Waals surface area contributed by atoms with Crippen LogP contribution >= 0.6 is 11.6 Å². The average Bonchev–Trinajstić information content (AvgIpc) is 2.49. The van der Waals surface area contributed by atoms with E-state index in [0.717, 1.165) is 5.56 Å². The van der Waals surface area contributed by atoms with Gasteiger partial charge in [-0.05, 0) is 31.5 Å². The normalized spacial score (nSPS) is 13.7. The number of anilines is 1. The standard InChI is InChI=1S/C15H16ClF2N3O2/c1-8(10-3-5-11(6-4-10)23-15(17)18)21-14-12(16)13(9(2)22)19-7-20-14/h3-9,15,22H,1-2H3,(H,19,20,21). The molecule has 0 saturated carbocycles. The van der Waals surface area contributed by atoms with Crippen molar-refractivity contribution in [3.05, 3.63) is 46.9 Å². The smallest absolute Gasteiger partial charge is 0.387 e. The number of alkyl halides is 2. The molecule has 2 N–H and O–H groups in total. The molecule has 0 aliphatic carbocycles. The first-order valence-corrected chi connectivity index (χ1v) is 7.26. The van der Waals surface area contributed by atoms with Gasteiger partial charge in [-0.1, -0.05) is 23.7 Å². The van der Waals surface area contributed by atoms with E-state index in [2.05, 4.69) is 20.0 Å². The lowest BCUT2D eigenvalue weighted by Crippen LogP contribution is -2.10. The van der Waals surface area contributed by atoms with Crippen LogP contribution < -0.4 is 10.1 Å². The predicted octanol–water partition coefficient (Wildman–Crippen LogP) is 3.96. The molecule has 8 heteroatoms. The molecular formula is C15H16ClF2N3O2. The average molecular weight is 344 g/mol. The van der Waals surface area contributed by atoms with Gasteiger partial charge in [0, 0.05) is 6.04 Å². The molecule has 0 spiro atoms. The summed E-state index contributed by atoms with van der Waals surface area (Å²) in [5.41, 5.74) is 1.16. The number of benzene rings is 1. The maximum Gasteiger partial charge on any atom is 0.387 e. The summed E-state index contributed by atoms with van der Waals surface area (Å²) in [5.74, 6) is 0.477.